The van der Waals surface area contributed by atoms with Crippen LogP contribution < -0.4 is 5.73 Å². The lowest BCUT2D eigenvalue weighted by Gasteiger charge is -2.31. The Hall–Kier alpha value is -0.370. The molecule has 16 heavy (non-hydrogen) atoms. The molecule has 0 spiro atoms. The minimum Gasteiger partial charge on any atom is -0.327 e. The number of nitrogens with two attached hydrogens (primary N) is 1. The van der Waals surface area contributed by atoms with Crippen molar-refractivity contribution in [3.05, 3.63) is 0 Å². The fraction of sp³-hybridized carbons (Fsp3) is 0.929. The third-order valence-electron chi connectivity index (χ3n) is 5.32. The lowest BCUT2D eigenvalue weighted by molar-refractivity contribution is -0.129. The average molecular weight is 221 g/mol. The zero-order valence-corrected chi connectivity index (χ0v) is 10.0. The molecule has 2 N–H and O–H groups in total. The van der Waals surface area contributed by atoms with Gasteiger partial charge in [0.15, 0.2) is 0 Å². The van der Waals surface area contributed by atoms with Crippen LogP contribution in [0.4, 0.5) is 0 Å². The molecule has 2 heteroatoms. The highest BCUT2D eigenvalue weighted by atomic mass is 16.1. The van der Waals surface area contributed by atoms with Gasteiger partial charge in [0.25, 0.3) is 0 Å². The molecular formula is C14H23NO. The van der Waals surface area contributed by atoms with Gasteiger partial charge in [-0.1, -0.05) is 19.3 Å². The van der Waals surface area contributed by atoms with Crippen LogP contribution in [-0.4, -0.2) is 11.8 Å². The Balaban J connectivity index is 1.70. The summed E-state index contributed by atoms with van der Waals surface area (Å²) in [5, 5.41) is 0. The molecule has 4 atom stereocenters. The Kier molecular flexibility index (Phi) is 2.78. The number of fused-ring (bicyclic) bond motifs is 2. The minimum atomic E-state index is 0.202. The monoisotopic (exact) mass is 221 g/mol. The standard InChI is InChI=1S/C14H23NO/c15-13-11-7-6-10(8-11)12(13)14(16)9-4-2-1-3-5-9/h9-13H,1-8,15H2. The molecule has 2 nitrogen and oxygen atoms in total. The number of hydrogen-bond donors (Lipinski definition) is 1. The van der Waals surface area contributed by atoms with E-state index >= 15 is 0 Å². The van der Waals surface area contributed by atoms with E-state index in [9.17, 15) is 4.79 Å². The molecule has 0 radical (unpaired) electrons. The molecule has 90 valence electrons. The SMILES string of the molecule is NC1C2CCC(C2)C1C(=O)C1CCCCC1. The number of ketones is 1. The zero-order chi connectivity index (χ0) is 11.1. The highest BCUT2D eigenvalue weighted by Crippen LogP contribution is 2.49. The molecule has 0 aromatic rings. The van der Waals surface area contributed by atoms with Crippen LogP contribution in [0.15, 0.2) is 0 Å². The maximum Gasteiger partial charge on any atom is 0.140 e. The minimum absolute atomic E-state index is 0.202. The molecule has 3 saturated carbocycles. The van der Waals surface area contributed by atoms with Gasteiger partial charge in [0.1, 0.15) is 5.78 Å². The summed E-state index contributed by atoms with van der Waals surface area (Å²) < 4.78 is 0. The van der Waals surface area contributed by atoms with E-state index in [0.717, 1.165) is 12.8 Å². The van der Waals surface area contributed by atoms with Gasteiger partial charge >= 0.3 is 0 Å². The van der Waals surface area contributed by atoms with E-state index in [1.165, 1.54) is 38.5 Å². The van der Waals surface area contributed by atoms with Gasteiger partial charge in [-0.3, -0.25) is 4.79 Å². The van der Waals surface area contributed by atoms with Gasteiger partial charge in [0.05, 0.1) is 0 Å². The Morgan fingerprint density at radius 1 is 0.938 bits per heavy atom. The van der Waals surface area contributed by atoms with E-state index in [4.69, 9.17) is 5.73 Å². The average Bonchev–Trinajstić information content (AvgIpc) is 2.90. The maximum absolute atomic E-state index is 12.5. The van der Waals surface area contributed by atoms with E-state index in [1.807, 2.05) is 0 Å². The van der Waals surface area contributed by atoms with Crippen LogP contribution in [-0.2, 0) is 4.79 Å². The van der Waals surface area contributed by atoms with E-state index < -0.39 is 0 Å². The molecule has 3 rings (SSSR count). The molecule has 0 aromatic carbocycles. The zero-order valence-electron chi connectivity index (χ0n) is 10.0. The number of Topliss-reactive ketones (excluding diaryl/α,β-unsaturated/α-hetero) is 1. The summed E-state index contributed by atoms with van der Waals surface area (Å²) in [6.45, 7) is 0. The first-order valence-corrected chi connectivity index (χ1v) is 7.06. The third kappa shape index (κ3) is 1.62. The lowest BCUT2D eigenvalue weighted by atomic mass is 9.74. The predicted molar refractivity (Wildman–Crippen MR) is 63.9 cm³/mol. The Bertz CT molecular complexity index is 280. The van der Waals surface area contributed by atoms with Crippen LogP contribution in [0, 0.1) is 23.7 Å². The second-order valence-electron chi connectivity index (χ2n) is 6.17. The number of carbonyl (C=O) groups excluding carboxylic acids is 1. The van der Waals surface area contributed by atoms with Crippen LogP contribution in [0.2, 0.25) is 0 Å². The predicted octanol–water partition coefficient (Wildman–Crippen LogP) is 2.51. The van der Waals surface area contributed by atoms with Gasteiger partial charge in [-0.15, -0.1) is 0 Å². The molecule has 0 aliphatic heterocycles. The van der Waals surface area contributed by atoms with Crippen LogP contribution in [0.3, 0.4) is 0 Å². The van der Waals surface area contributed by atoms with E-state index in [0.29, 0.717) is 23.5 Å². The summed E-state index contributed by atoms with van der Waals surface area (Å²) in [7, 11) is 0. The van der Waals surface area contributed by atoms with Crippen molar-refractivity contribution in [3.63, 3.8) is 0 Å². The van der Waals surface area contributed by atoms with Crippen molar-refractivity contribution in [3.8, 4) is 0 Å². The molecule has 0 aromatic heterocycles. The van der Waals surface area contributed by atoms with Gasteiger partial charge < -0.3 is 5.73 Å². The molecule has 0 amide bonds. The number of carbonyl (C=O) groups is 1. The van der Waals surface area contributed by atoms with E-state index in [2.05, 4.69) is 0 Å². The van der Waals surface area contributed by atoms with Crippen LogP contribution in [0.1, 0.15) is 51.4 Å². The summed E-state index contributed by atoms with van der Waals surface area (Å²) in [4.78, 5) is 12.5. The number of rotatable bonds is 2. The van der Waals surface area contributed by atoms with Crippen molar-refractivity contribution in [1.29, 1.82) is 0 Å². The Morgan fingerprint density at radius 2 is 1.62 bits per heavy atom. The first-order valence-electron chi connectivity index (χ1n) is 7.06. The molecule has 3 aliphatic rings. The normalized spacial score (nSPS) is 43.8. The molecular weight excluding hydrogens is 198 g/mol. The van der Waals surface area contributed by atoms with E-state index in [1.54, 1.807) is 0 Å². The van der Waals surface area contributed by atoms with Crippen molar-refractivity contribution in [2.75, 3.05) is 0 Å². The highest BCUT2D eigenvalue weighted by molar-refractivity contribution is 5.85. The van der Waals surface area contributed by atoms with Crippen LogP contribution in [0.5, 0.6) is 0 Å². The van der Waals surface area contributed by atoms with Gasteiger partial charge in [-0.25, -0.2) is 0 Å². The fourth-order valence-corrected chi connectivity index (χ4v) is 4.42. The topological polar surface area (TPSA) is 43.1 Å². The highest BCUT2D eigenvalue weighted by Gasteiger charge is 2.49. The smallest absolute Gasteiger partial charge is 0.140 e. The second kappa shape index (κ2) is 4.14. The number of hydrogen-bond acceptors (Lipinski definition) is 2. The summed E-state index contributed by atoms with van der Waals surface area (Å²) >= 11 is 0. The Labute approximate surface area is 98.0 Å². The maximum atomic E-state index is 12.5. The summed E-state index contributed by atoms with van der Waals surface area (Å²) in [5.74, 6) is 2.46. The van der Waals surface area contributed by atoms with Crippen molar-refractivity contribution in [2.45, 2.75) is 57.4 Å². The largest absolute Gasteiger partial charge is 0.327 e. The van der Waals surface area contributed by atoms with Crippen LogP contribution in [0.25, 0.3) is 0 Å². The van der Waals surface area contributed by atoms with Crippen LogP contribution >= 0.6 is 0 Å². The first kappa shape index (κ1) is 10.8. The molecule has 0 heterocycles. The summed E-state index contributed by atoms with van der Waals surface area (Å²) in [6, 6.07) is 0.202. The summed E-state index contributed by atoms with van der Waals surface area (Å²) in [5.41, 5.74) is 6.25. The molecule has 2 bridgehead atoms. The lowest BCUT2D eigenvalue weighted by Crippen LogP contribution is -2.42. The van der Waals surface area contributed by atoms with Gasteiger partial charge in [-0.2, -0.15) is 0 Å². The Morgan fingerprint density at radius 3 is 2.25 bits per heavy atom. The molecule has 3 fully saturated rings. The first-order chi connectivity index (χ1) is 7.77. The third-order valence-corrected chi connectivity index (χ3v) is 5.32. The quantitative estimate of drug-likeness (QED) is 0.778. The van der Waals surface area contributed by atoms with E-state index in [-0.39, 0.29) is 12.0 Å². The second-order valence-corrected chi connectivity index (χ2v) is 6.17. The molecule has 3 aliphatic carbocycles. The van der Waals surface area contributed by atoms with Gasteiger partial charge in [-0.05, 0) is 43.9 Å². The van der Waals surface area contributed by atoms with Gasteiger partial charge in [0, 0.05) is 17.9 Å². The fourth-order valence-electron chi connectivity index (χ4n) is 4.42. The van der Waals surface area contributed by atoms with Crippen molar-refractivity contribution in [2.24, 2.45) is 29.4 Å². The van der Waals surface area contributed by atoms with Gasteiger partial charge in [0.2, 0.25) is 0 Å². The summed E-state index contributed by atoms with van der Waals surface area (Å²) in [6.07, 6.45) is 9.90. The molecule has 4 unspecified atom stereocenters. The van der Waals surface area contributed by atoms with Crippen molar-refractivity contribution < 1.29 is 4.79 Å². The van der Waals surface area contributed by atoms with Crippen molar-refractivity contribution in [1.82, 2.24) is 0 Å². The van der Waals surface area contributed by atoms with Crippen molar-refractivity contribution >= 4 is 5.78 Å². The molecule has 0 saturated heterocycles.